The average molecular weight is 273 g/mol. The summed E-state index contributed by atoms with van der Waals surface area (Å²) in [5.41, 5.74) is 8.68. The second kappa shape index (κ2) is 5.44. The van der Waals surface area contributed by atoms with Gasteiger partial charge in [0.25, 0.3) is 0 Å². The minimum absolute atomic E-state index is 0.0626. The van der Waals surface area contributed by atoms with Gasteiger partial charge >= 0.3 is 0 Å². The molecule has 1 aromatic carbocycles. The zero-order valence-corrected chi connectivity index (χ0v) is 12.1. The lowest BCUT2D eigenvalue weighted by atomic mass is 9.91. The van der Waals surface area contributed by atoms with Crippen LogP contribution in [0.25, 0.3) is 0 Å². The van der Waals surface area contributed by atoms with Crippen molar-refractivity contribution in [2.45, 2.75) is 50.6 Å². The molecule has 0 radical (unpaired) electrons. The molecule has 2 aliphatic rings. The molecule has 1 heterocycles. The zero-order valence-electron chi connectivity index (χ0n) is 12.1. The predicted octanol–water partition coefficient (Wildman–Crippen LogP) is 2.40. The molecule has 3 rings (SSSR count). The van der Waals surface area contributed by atoms with E-state index in [1.165, 1.54) is 32.1 Å². The van der Waals surface area contributed by atoms with Crippen LogP contribution in [0, 0.1) is 0 Å². The Balaban J connectivity index is 1.78. The van der Waals surface area contributed by atoms with Gasteiger partial charge in [-0.3, -0.25) is 9.69 Å². The maximum Gasteiger partial charge on any atom is 0.242 e. The summed E-state index contributed by atoms with van der Waals surface area (Å²) in [6.45, 7) is 0. The fourth-order valence-electron chi connectivity index (χ4n) is 3.49. The number of nitrogens with one attached hydrogen (secondary N) is 1. The SMILES string of the molecule is CN(C1CCCCC1)C1Cc2cc(N)ccc2NC1=O. The number of anilines is 2. The van der Waals surface area contributed by atoms with Crippen molar-refractivity contribution in [3.63, 3.8) is 0 Å². The summed E-state index contributed by atoms with van der Waals surface area (Å²) < 4.78 is 0. The summed E-state index contributed by atoms with van der Waals surface area (Å²) >= 11 is 0. The molecule has 1 unspecified atom stereocenters. The highest BCUT2D eigenvalue weighted by Crippen LogP contribution is 2.29. The van der Waals surface area contributed by atoms with Crippen LogP contribution in [0.5, 0.6) is 0 Å². The number of nitrogens with zero attached hydrogens (tertiary/aromatic N) is 1. The lowest BCUT2D eigenvalue weighted by Gasteiger charge is -2.38. The van der Waals surface area contributed by atoms with Crippen molar-refractivity contribution in [1.29, 1.82) is 0 Å². The Hall–Kier alpha value is -1.55. The van der Waals surface area contributed by atoms with Crippen molar-refractivity contribution in [1.82, 2.24) is 4.90 Å². The Kier molecular flexibility index (Phi) is 3.66. The number of hydrogen-bond acceptors (Lipinski definition) is 3. The molecule has 1 saturated carbocycles. The summed E-state index contributed by atoms with van der Waals surface area (Å²) in [7, 11) is 2.09. The number of carbonyl (C=O) groups excluding carboxylic acids is 1. The molecule has 1 aliphatic heterocycles. The largest absolute Gasteiger partial charge is 0.399 e. The summed E-state index contributed by atoms with van der Waals surface area (Å²) in [5, 5.41) is 3.02. The summed E-state index contributed by atoms with van der Waals surface area (Å²) in [6.07, 6.45) is 7.09. The van der Waals surface area contributed by atoms with Gasteiger partial charge in [0.05, 0.1) is 6.04 Å². The van der Waals surface area contributed by atoms with Gasteiger partial charge in [0.2, 0.25) is 5.91 Å². The molecule has 1 aliphatic carbocycles. The Morgan fingerprint density at radius 3 is 2.75 bits per heavy atom. The van der Waals surface area contributed by atoms with Crippen LogP contribution < -0.4 is 11.1 Å². The van der Waals surface area contributed by atoms with Gasteiger partial charge in [-0.2, -0.15) is 0 Å². The maximum atomic E-state index is 12.3. The van der Waals surface area contributed by atoms with E-state index >= 15 is 0 Å². The number of benzene rings is 1. The van der Waals surface area contributed by atoms with Crippen molar-refractivity contribution in [3.8, 4) is 0 Å². The first-order valence-electron chi connectivity index (χ1n) is 7.56. The van der Waals surface area contributed by atoms with E-state index in [-0.39, 0.29) is 11.9 Å². The molecular weight excluding hydrogens is 250 g/mol. The molecule has 20 heavy (non-hydrogen) atoms. The van der Waals surface area contributed by atoms with Crippen LogP contribution >= 0.6 is 0 Å². The van der Waals surface area contributed by atoms with Crippen molar-refractivity contribution in [2.24, 2.45) is 0 Å². The van der Waals surface area contributed by atoms with Crippen molar-refractivity contribution in [3.05, 3.63) is 23.8 Å². The smallest absolute Gasteiger partial charge is 0.242 e. The molecule has 0 aromatic heterocycles. The molecule has 0 bridgehead atoms. The number of likely N-dealkylation sites (N-methyl/N-ethyl adjacent to an activating group) is 1. The van der Waals surface area contributed by atoms with Gasteiger partial charge in [0.15, 0.2) is 0 Å². The van der Waals surface area contributed by atoms with E-state index in [0.29, 0.717) is 6.04 Å². The number of nitrogens with two attached hydrogens (primary N) is 1. The molecular formula is C16H23N3O. The minimum atomic E-state index is -0.0626. The number of carbonyl (C=O) groups is 1. The highest BCUT2D eigenvalue weighted by atomic mass is 16.2. The van der Waals surface area contributed by atoms with Gasteiger partial charge in [0.1, 0.15) is 0 Å². The van der Waals surface area contributed by atoms with E-state index in [9.17, 15) is 4.79 Å². The number of fused-ring (bicyclic) bond motifs is 1. The molecule has 4 nitrogen and oxygen atoms in total. The van der Waals surface area contributed by atoms with E-state index in [1.54, 1.807) is 0 Å². The molecule has 1 amide bonds. The first-order chi connectivity index (χ1) is 9.65. The normalized spacial score (nSPS) is 23.5. The monoisotopic (exact) mass is 273 g/mol. The van der Waals surface area contributed by atoms with Crippen molar-refractivity contribution in [2.75, 3.05) is 18.1 Å². The van der Waals surface area contributed by atoms with Crippen molar-refractivity contribution < 1.29 is 4.79 Å². The molecule has 108 valence electrons. The first kappa shape index (κ1) is 13.4. The van der Waals surface area contributed by atoms with E-state index < -0.39 is 0 Å². The van der Waals surface area contributed by atoms with Gasteiger partial charge in [-0.1, -0.05) is 19.3 Å². The number of nitrogen functional groups attached to an aromatic ring is 1. The Morgan fingerprint density at radius 2 is 2.00 bits per heavy atom. The molecule has 1 atom stereocenters. The zero-order chi connectivity index (χ0) is 14.1. The standard InChI is InChI=1S/C16H23N3O/c1-19(13-5-3-2-4-6-13)15-10-11-9-12(17)7-8-14(11)18-16(15)20/h7-9,13,15H,2-6,10,17H2,1H3,(H,18,20). The summed E-state index contributed by atoms with van der Waals surface area (Å²) in [5.74, 6) is 0.121. The van der Waals surface area contributed by atoms with Gasteiger partial charge in [0, 0.05) is 17.4 Å². The third-order valence-corrected chi connectivity index (χ3v) is 4.75. The highest BCUT2D eigenvalue weighted by Gasteiger charge is 2.33. The maximum absolute atomic E-state index is 12.3. The molecule has 3 N–H and O–H groups in total. The third-order valence-electron chi connectivity index (χ3n) is 4.75. The molecule has 4 heteroatoms. The molecule has 0 spiro atoms. The fraction of sp³-hybridized carbons (Fsp3) is 0.562. The summed E-state index contributed by atoms with van der Waals surface area (Å²) in [4.78, 5) is 14.6. The van der Waals surface area contributed by atoms with E-state index in [0.717, 1.165) is 23.4 Å². The summed E-state index contributed by atoms with van der Waals surface area (Å²) in [6, 6.07) is 6.20. The van der Waals surface area contributed by atoms with Crippen LogP contribution in [-0.4, -0.2) is 29.9 Å². The van der Waals surface area contributed by atoms with Gasteiger partial charge in [-0.05, 0) is 50.1 Å². The van der Waals surface area contributed by atoms with E-state index in [4.69, 9.17) is 5.73 Å². The molecule has 1 aromatic rings. The van der Waals surface area contributed by atoms with Crippen LogP contribution in [0.3, 0.4) is 0 Å². The lowest BCUT2D eigenvalue weighted by Crippen LogP contribution is -2.50. The highest BCUT2D eigenvalue weighted by molar-refractivity contribution is 5.98. The van der Waals surface area contributed by atoms with Crippen LogP contribution in [0.2, 0.25) is 0 Å². The lowest BCUT2D eigenvalue weighted by molar-refractivity contribution is -0.122. The van der Waals surface area contributed by atoms with Crippen LogP contribution in [-0.2, 0) is 11.2 Å². The van der Waals surface area contributed by atoms with Crippen LogP contribution in [0.4, 0.5) is 11.4 Å². The number of hydrogen-bond donors (Lipinski definition) is 2. The quantitative estimate of drug-likeness (QED) is 0.813. The van der Waals surface area contributed by atoms with E-state index in [2.05, 4.69) is 17.3 Å². The fourth-order valence-corrected chi connectivity index (χ4v) is 3.49. The number of amides is 1. The molecule has 0 saturated heterocycles. The first-order valence-corrected chi connectivity index (χ1v) is 7.56. The van der Waals surface area contributed by atoms with Gasteiger partial charge in [-0.25, -0.2) is 0 Å². The average Bonchev–Trinajstić information content (AvgIpc) is 2.47. The Morgan fingerprint density at radius 1 is 1.25 bits per heavy atom. The van der Waals surface area contributed by atoms with E-state index in [1.807, 2.05) is 18.2 Å². The third kappa shape index (κ3) is 2.52. The predicted molar refractivity (Wildman–Crippen MR) is 81.6 cm³/mol. The van der Waals surface area contributed by atoms with Gasteiger partial charge < -0.3 is 11.1 Å². The Bertz CT molecular complexity index is 508. The van der Waals surface area contributed by atoms with Gasteiger partial charge in [-0.15, -0.1) is 0 Å². The second-order valence-electron chi connectivity index (χ2n) is 6.08. The Labute approximate surface area is 120 Å². The second-order valence-corrected chi connectivity index (χ2v) is 6.08. The van der Waals surface area contributed by atoms with Crippen LogP contribution in [0.15, 0.2) is 18.2 Å². The topological polar surface area (TPSA) is 58.4 Å². The minimum Gasteiger partial charge on any atom is -0.399 e. The molecule has 1 fully saturated rings. The number of rotatable bonds is 2. The van der Waals surface area contributed by atoms with Crippen molar-refractivity contribution >= 4 is 17.3 Å². The van der Waals surface area contributed by atoms with Crippen LogP contribution in [0.1, 0.15) is 37.7 Å².